The van der Waals surface area contributed by atoms with Crippen molar-refractivity contribution in [3.05, 3.63) is 36.2 Å². The number of tetrazole rings is 1. The highest BCUT2D eigenvalue weighted by atomic mass is 15.5. The van der Waals surface area contributed by atoms with E-state index in [1.807, 2.05) is 0 Å². The predicted molar refractivity (Wildman–Crippen MR) is 73.0 cm³/mol. The average Bonchev–Trinajstić information content (AvgIpc) is 3.00. The van der Waals surface area contributed by atoms with Gasteiger partial charge in [0, 0.05) is 44.8 Å². The summed E-state index contributed by atoms with van der Waals surface area (Å²) in [5, 5.41) is 13.9. The molecule has 0 saturated carbocycles. The van der Waals surface area contributed by atoms with Gasteiger partial charge in [-0.25, -0.2) is 5.10 Å². The van der Waals surface area contributed by atoms with Crippen LogP contribution < -0.4 is 4.90 Å². The van der Waals surface area contributed by atoms with Gasteiger partial charge >= 0.3 is 0 Å². The van der Waals surface area contributed by atoms with Gasteiger partial charge in [0.05, 0.1) is 0 Å². The van der Waals surface area contributed by atoms with Gasteiger partial charge in [0.25, 0.3) is 0 Å². The molecular weight excluding hydrogens is 240 g/mol. The van der Waals surface area contributed by atoms with E-state index in [1.165, 1.54) is 5.69 Å². The van der Waals surface area contributed by atoms with Crippen molar-refractivity contribution in [2.75, 3.05) is 37.6 Å². The number of aromatic nitrogens is 4. The summed E-state index contributed by atoms with van der Waals surface area (Å²) < 4.78 is 0. The lowest BCUT2D eigenvalue weighted by molar-refractivity contribution is 0.259. The molecule has 6 nitrogen and oxygen atoms in total. The van der Waals surface area contributed by atoms with Gasteiger partial charge in [0.1, 0.15) is 5.82 Å². The molecule has 1 N–H and O–H groups in total. The fraction of sp³-hybridized carbons (Fsp3) is 0.462. The zero-order chi connectivity index (χ0) is 12.9. The van der Waals surface area contributed by atoms with E-state index >= 15 is 0 Å². The van der Waals surface area contributed by atoms with Crippen LogP contribution in [0.1, 0.15) is 5.82 Å². The normalized spacial score (nSPS) is 16.7. The zero-order valence-corrected chi connectivity index (χ0v) is 10.9. The number of anilines is 1. The van der Waals surface area contributed by atoms with Crippen molar-refractivity contribution in [1.82, 2.24) is 25.5 Å². The first kappa shape index (κ1) is 12.1. The van der Waals surface area contributed by atoms with Gasteiger partial charge in [0.2, 0.25) is 0 Å². The molecule has 1 aromatic heterocycles. The molecule has 0 bridgehead atoms. The van der Waals surface area contributed by atoms with Crippen molar-refractivity contribution in [3.8, 4) is 0 Å². The molecule has 3 rings (SSSR count). The summed E-state index contributed by atoms with van der Waals surface area (Å²) in [5.41, 5.74) is 1.32. The maximum Gasteiger partial charge on any atom is 0.149 e. The third-order valence-electron chi connectivity index (χ3n) is 3.55. The fourth-order valence-corrected chi connectivity index (χ4v) is 2.42. The molecule has 19 heavy (non-hydrogen) atoms. The molecule has 6 heteroatoms. The van der Waals surface area contributed by atoms with Crippen LogP contribution in [-0.4, -0.2) is 58.2 Å². The van der Waals surface area contributed by atoms with Gasteiger partial charge < -0.3 is 4.90 Å². The number of rotatable bonds is 4. The molecule has 0 spiro atoms. The van der Waals surface area contributed by atoms with Crippen LogP contribution in [0.5, 0.6) is 0 Å². The first-order valence-corrected chi connectivity index (χ1v) is 6.67. The van der Waals surface area contributed by atoms with E-state index in [0.29, 0.717) is 0 Å². The second-order valence-corrected chi connectivity index (χ2v) is 4.76. The third-order valence-corrected chi connectivity index (χ3v) is 3.55. The Bertz CT molecular complexity index is 475. The van der Waals surface area contributed by atoms with Gasteiger partial charge in [-0.3, -0.25) is 4.90 Å². The van der Waals surface area contributed by atoms with E-state index in [9.17, 15) is 0 Å². The minimum atomic E-state index is 0.866. The molecule has 0 aliphatic carbocycles. The third kappa shape index (κ3) is 3.08. The summed E-state index contributed by atoms with van der Waals surface area (Å²) in [6.07, 6.45) is 0.887. The molecule has 2 aromatic rings. The Balaban J connectivity index is 1.47. The van der Waals surface area contributed by atoms with Crippen LogP contribution in [0, 0.1) is 0 Å². The number of hydrogen-bond donors (Lipinski definition) is 1. The van der Waals surface area contributed by atoms with E-state index in [1.54, 1.807) is 0 Å². The molecule has 0 radical (unpaired) electrons. The number of H-pyrrole nitrogens is 1. The van der Waals surface area contributed by atoms with Crippen molar-refractivity contribution in [2.45, 2.75) is 6.42 Å². The number of benzene rings is 1. The molecule has 2 heterocycles. The smallest absolute Gasteiger partial charge is 0.149 e. The number of hydrogen-bond acceptors (Lipinski definition) is 5. The Labute approximate surface area is 112 Å². The summed E-state index contributed by atoms with van der Waals surface area (Å²) in [6, 6.07) is 10.6. The van der Waals surface area contributed by atoms with Crippen LogP contribution in [0.25, 0.3) is 0 Å². The Morgan fingerprint density at radius 2 is 1.84 bits per heavy atom. The number of nitrogens with one attached hydrogen (secondary N) is 1. The van der Waals surface area contributed by atoms with Gasteiger partial charge in [0.15, 0.2) is 0 Å². The van der Waals surface area contributed by atoms with Crippen molar-refractivity contribution in [3.63, 3.8) is 0 Å². The van der Waals surface area contributed by atoms with Crippen molar-refractivity contribution in [2.24, 2.45) is 0 Å². The van der Waals surface area contributed by atoms with Gasteiger partial charge in [-0.2, -0.15) is 0 Å². The quantitative estimate of drug-likeness (QED) is 0.868. The molecule has 100 valence electrons. The number of nitrogens with zero attached hydrogens (tertiary/aromatic N) is 5. The van der Waals surface area contributed by atoms with Gasteiger partial charge in [-0.15, -0.1) is 5.10 Å². The van der Waals surface area contributed by atoms with Crippen LogP contribution in [0.3, 0.4) is 0 Å². The topological polar surface area (TPSA) is 60.9 Å². The molecular formula is C13H18N6. The van der Waals surface area contributed by atoms with E-state index < -0.39 is 0 Å². The minimum absolute atomic E-state index is 0.866. The SMILES string of the molecule is c1ccc(N2CCN(CCc3nnn[nH]3)CC2)cc1. The van der Waals surface area contributed by atoms with Crippen molar-refractivity contribution in [1.29, 1.82) is 0 Å². The number of piperazine rings is 1. The first-order valence-electron chi connectivity index (χ1n) is 6.67. The Kier molecular flexibility index (Phi) is 3.69. The number of aromatic amines is 1. The van der Waals surface area contributed by atoms with Gasteiger partial charge in [-0.1, -0.05) is 18.2 Å². The van der Waals surface area contributed by atoms with Crippen LogP contribution in [0.4, 0.5) is 5.69 Å². The standard InChI is InChI=1S/C13H18N6/c1-2-4-12(5-3-1)19-10-8-18(9-11-19)7-6-13-14-16-17-15-13/h1-5H,6-11H2,(H,14,15,16,17). The van der Waals surface area contributed by atoms with Crippen LogP contribution in [0.15, 0.2) is 30.3 Å². The summed E-state index contributed by atoms with van der Waals surface area (Å²) in [6.45, 7) is 5.36. The van der Waals surface area contributed by atoms with E-state index in [0.717, 1.165) is 45.0 Å². The highest BCUT2D eigenvalue weighted by Crippen LogP contribution is 2.15. The molecule has 1 fully saturated rings. The molecule has 0 amide bonds. The lowest BCUT2D eigenvalue weighted by Crippen LogP contribution is -2.47. The second kappa shape index (κ2) is 5.79. The predicted octanol–water partition coefficient (Wildman–Crippen LogP) is 0.564. The summed E-state index contributed by atoms with van der Waals surface area (Å²) >= 11 is 0. The highest BCUT2D eigenvalue weighted by Gasteiger charge is 2.16. The van der Waals surface area contributed by atoms with E-state index in [4.69, 9.17) is 0 Å². The number of para-hydroxylation sites is 1. The van der Waals surface area contributed by atoms with Crippen molar-refractivity contribution < 1.29 is 0 Å². The zero-order valence-electron chi connectivity index (χ0n) is 10.9. The molecule has 1 aromatic carbocycles. The van der Waals surface area contributed by atoms with E-state index in [-0.39, 0.29) is 0 Å². The molecule has 1 aliphatic heterocycles. The van der Waals surface area contributed by atoms with Gasteiger partial charge in [-0.05, 0) is 22.6 Å². The molecule has 1 saturated heterocycles. The first-order chi connectivity index (χ1) is 9.42. The monoisotopic (exact) mass is 258 g/mol. The molecule has 0 atom stereocenters. The van der Waals surface area contributed by atoms with Crippen molar-refractivity contribution >= 4 is 5.69 Å². The fourth-order valence-electron chi connectivity index (χ4n) is 2.42. The van der Waals surface area contributed by atoms with Crippen LogP contribution in [-0.2, 0) is 6.42 Å². The average molecular weight is 258 g/mol. The van der Waals surface area contributed by atoms with Crippen LogP contribution >= 0.6 is 0 Å². The molecule has 0 unspecified atom stereocenters. The minimum Gasteiger partial charge on any atom is -0.369 e. The Morgan fingerprint density at radius 3 is 2.53 bits per heavy atom. The Morgan fingerprint density at radius 1 is 1.05 bits per heavy atom. The van der Waals surface area contributed by atoms with Crippen LogP contribution in [0.2, 0.25) is 0 Å². The summed E-state index contributed by atoms with van der Waals surface area (Å²) in [7, 11) is 0. The highest BCUT2D eigenvalue weighted by molar-refractivity contribution is 5.46. The van der Waals surface area contributed by atoms with E-state index in [2.05, 4.69) is 60.8 Å². The Hall–Kier alpha value is -1.95. The second-order valence-electron chi connectivity index (χ2n) is 4.76. The lowest BCUT2D eigenvalue weighted by Gasteiger charge is -2.35. The summed E-state index contributed by atoms with van der Waals surface area (Å²) in [5.74, 6) is 0.866. The lowest BCUT2D eigenvalue weighted by atomic mass is 10.2. The summed E-state index contributed by atoms with van der Waals surface area (Å²) in [4.78, 5) is 4.90. The largest absolute Gasteiger partial charge is 0.369 e. The molecule has 1 aliphatic rings. The maximum absolute atomic E-state index is 3.91. The maximum atomic E-state index is 3.91.